The monoisotopic (exact) mass is 216 g/mol. The molecule has 0 aromatic heterocycles. The zero-order valence-corrected chi connectivity index (χ0v) is 8.21. The summed E-state index contributed by atoms with van der Waals surface area (Å²) >= 11 is 0. The molecule has 80 valence electrons. The molecule has 0 bridgehead atoms. The minimum absolute atomic E-state index is 0.0135. The summed E-state index contributed by atoms with van der Waals surface area (Å²) in [6.45, 7) is 3.57. The van der Waals surface area contributed by atoms with Crippen LogP contribution in [0, 0.1) is 0 Å². The number of para-hydroxylation sites is 2. The van der Waals surface area contributed by atoms with E-state index in [0.717, 1.165) is 0 Å². The van der Waals surface area contributed by atoms with Gasteiger partial charge in [-0.3, -0.25) is 5.32 Å². The molecule has 2 rings (SSSR count). The lowest BCUT2D eigenvalue weighted by atomic mass is 10.3. The Morgan fingerprint density at radius 3 is 2.81 bits per heavy atom. The third-order valence-corrected chi connectivity index (χ3v) is 1.87. The molecule has 0 aliphatic carbocycles. The van der Waals surface area contributed by atoms with E-state index in [1.54, 1.807) is 18.2 Å². The van der Waals surface area contributed by atoms with Gasteiger partial charge in [-0.1, -0.05) is 23.8 Å². The third kappa shape index (κ3) is 1.95. The normalized spacial score (nSPS) is 17.6. The maximum Gasteiger partial charge on any atom is 0.365 e. The lowest BCUT2D eigenvalue weighted by Gasteiger charge is -2.09. The first kappa shape index (κ1) is 10.0. The Balaban J connectivity index is 2.38. The molecule has 0 saturated heterocycles. The molecular weight excluding hydrogens is 208 g/mol. The Morgan fingerprint density at radius 2 is 2.06 bits per heavy atom. The number of urea groups is 1. The average Bonchev–Trinajstić information content (AvgIpc) is 2.27. The minimum Gasteiger partial charge on any atom is -0.506 e. The summed E-state index contributed by atoms with van der Waals surface area (Å²) in [7, 11) is 0. The molecule has 0 atom stereocenters. The number of phenolic OH excluding ortho intramolecular Hbond substituents is 1. The number of hydrogen-bond donors (Lipinski definition) is 2. The zero-order valence-electron chi connectivity index (χ0n) is 8.21. The summed E-state index contributed by atoms with van der Waals surface area (Å²) in [4.78, 5) is 15.0. The van der Waals surface area contributed by atoms with Crippen LogP contribution in [0.1, 0.15) is 0 Å². The number of aliphatic imine (C=N–C) groups is 1. The second kappa shape index (κ2) is 3.93. The van der Waals surface area contributed by atoms with Crippen LogP contribution in [0.4, 0.5) is 10.5 Å². The highest BCUT2D eigenvalue weighted by Crippen LogP contribution is 2.25. The van der Waals surface area contributed by atoms with Crippen molar-refractivity contribution in [1.29, 1.82) is 0 Å². The van der Waals surface area contributed by atoms with Gasteiger partial charge < -0.3 is 5.11 Å². The van der Waals surface area contributed by atoms with Gasteiger partial charge in [-0.15, -0.1) is 5.11 Å². The second-order valence-corrected chi connectivity index (χ2v) is 3.03. The quantitative estimate of drug-likeness (QED) is 0.753. The van der Waals surface area contributed by atoms with Crippen molar-refractivity contribution in [2.75, 3.05) is 0 Å². The van der Waals surface area contributed by atoms with Gasteiger partial charge in [-0.05, 0) is 12.1 Å². The number of nitrogens with one attached hydrogen (secondary N) is 1. The van der Waals surface area contributed by atoms with Gasteiger partial charge in [0.2, 0.25) is 0 Å². The minimum atomic E-state index is -0.610. The van der Waals surface area contributed by atoms with Crippen LogP contribution in [0.5, 0.6) is 5.75 Å². The number of rotatable bonds is 1. The Kier molecular flexibility index (Phi) is 2.47. The fourth-order valence-electron chi connectivity index (χ4n) is 1.12. The lowest BCUT2D eigenvalue weighted by Crippen LogP contribution is -2.31. The van der Waals surface area contributed by atoms with Crippen molar-refractivity contribution >= 4 is 17.6 Å². The molecule has 0 saturated carbocycles. The highest BCUT2D eigenvalue weighted by atomic mass is 16.3. The van der Waals surface area contributed by atoms with Crippen molar-refractivity contribution in [2.45, 2.75) is 0 Å². The number of aromatic hydroxyl groups is 1. The maximum atomic E-state index is 10.9. The zero-order chi connectivity index (χ0) is 11.5. The van der Waals surface area contributed by atoms with E-state index in [1.807, 2.05) is 0 Å². The van der Waals surface area contributed by atoms with Crippen molar-refractivity contribution in [1.82, 2.24) is 5.32 Å². The first-order valence-corrected chi connectivity index (χ1v) is 4.45. The number of phenols is 1. The Labute approximate surface area is 91.0 Å². The Bertz CT molecular complexity index is 519. The van der Waals surface area contributed by atoms with E-state index in [2.05, 4.69) is 27.1 Å². The van der Waals surface area contributed by atoms with Crippen LogP contribution in [0.2, 0.25) is 0 Å². The van der Waals surface area contributed by atoms with E-state index in [-0.39, 0.29) is 17.3 Å². The second-order valence-electron chi connectivity index (χ2n) is 3.03. The van der Waals surface area contributed by atoms with Crippen LogP contribution in [0.3, 0.4) is 0 Å². The third-order valence-electron chi connectivity index (χ3n) is 1.87. The maximum absolute atomic E-state index is 10.9. The summed E-state index contributed by atoms with van der Waals surface area (Å²) in [5, 5.41) is 18.7. The van der Waals surface area contributed by atoms with Gasteiger partial charge in [0, 0.05) is 0 Å². The predicted octanol–water partition coefficient (Wildman–Crippen LogP) is 2.11. The summed E-state index contributed by atoms with van der Waals surface area (Å²) in [5.74, 6) is 0.195. The van der Waals surface area contributed by atoms with E-state index in [9.17, 15) is 9.90 Å². The molecule has 6 heteroatoms. The van der Waals surface area contributed by atoms with E-state index in [0.29, 0.717) is 5.69 Å². The number of hydrogen-bond acceptors (Lipinski definition) is 4. The largest absolute Gasteiger partial charge is 0.506 e. The van der Waals surface area contributed by atoms with Gasteiger partial charge in [0.05, 0.1) is 0 Å². The Morgan fingerprint density at radius 1 is 1.31 bits per heavy atom. The standard InChI is InChI=1S/C10H8N4O2/c1-6-9(12-10(16)14-13-6)11-7-4-2-3-5-8(7)15/h2-5,15H,1H2,(H,11,12,16). The van der Waals surface area contributed by atoms with Crippen LogP contribution in [0.25, 0.3) is 0 Å². The number of benzene rings is 1. The number of azo groups is 1. The molecule has 1 aliphatic rings. The summed E-state index contributed by atoms with van der Waals surface area (Å²) in [6, 6.07) is 5.88. The van der Waals surface area contributed by atoms with Gasteiger partial charge in [-0.25, -0.2) is 9.79 Å². The number of carbonyl (C=O) groups excluding carboxylic acids is 1. The van der Waals surface area contributed by atoms with Crippen LogP contribution in [-0.2, 0) is 0 Å². The summed E-state index contributed by atoms with van der Waals surface area (Å²) in [5.41, 5.74) is 0.568. The molecule has 1 aromatic rings. The van der Waals surface area contributed by atoms with Gasteiger partial charge in [0.25, 0.3) is 0 Å². The van der Waals surface area contributed by atoms with Gasteiger partial charge in [0.15, 0.2) is 5.84 Å². The predicted molar refractivity (Wildman–Crippen MR) is 57.7 cm³/mol. The van der Waals surface area contributed by atoms with Crippen LogP contribution in [0.15, 0.2) is 51.8 Å². The number of amidine groups is 1. The van der Waals surface area contributed by atoms with Crippen molar-refractivity contribution in [3.05, 3.63) is 36.5 Å². The molecule has 6 nitrogen and oxygen atoms in total. The fraction of sp³-hybridized carbons (Fsp3) is 0. The molecule has 1 heterocycles. The molecule has 0 unspecified atom stereocenters. The Hall–Kier alpha value is -2.50. The topological polar surface area (TPSA) is 86.4 Å². The first-order valence-electron chi connectivity index (χ1n) is 4.45. The molecule has 0 spiro atoms. The first-order chi connectivity index (χ1) is 7.66. The number of carbonyl (C=O) groups is 1. The van der Waals surface area contributed by atoms with E-state index in [1.165, 1.54) is 6.07 Å². The number of nitrogens with zero attached hydrogens (tertiary/aromatic N) is 3. The lowest BCUT2D eigenvalue weighted by molar-refractivity contribution is 0.251. The van der Waals surface area contributed by atoms with Gasteiger partial charge in [0.1, 0.15) is 17.1 Å². The highest BCUT2D eigenvalue weighted by molar-refractivity contribution is 6.09. The fourth-order valence-corrected chi connectivity index (χ4v) is 1.12. The van der Waals surface area contributed by atoms with Crippen LogP contribution < -0.4 is 5.32 Å². The van der Waals surface area contributed by atoms with Crippen molar-refractivity contribution in [3.63, 3.8) is 0 Å². The SMILES string of the molecule is C=C1N=NC(=O)NC1=Nc1ccccc1O. The molecule has 0 radical (unpaired) electrons. The number of amides is 2. The smallest absolute Gasteiger partial charge is 0.365 e. The van der Waals surface area contributed by atoms with Crippen LogP contribution in [-0.4, -0.2) is 17.0 Å². The van der Waals surface area contributed by atoms with Gasteiger partial charge >= 0.3 is 6.03 Å². The summed E-state index contributed by atoms with van der Waals surface area (Å²) in [6.07, 6.45) is 0. The van der Waals surface area contributed by atoms with E-state index >= 15 is 0 Å². The molecule has 16 heavy (non-hydrogen) atoms. The average molecular weight is 216 g/mol. The molecule has 0 fully saturated rings. The summed E-state index contributed by atoms with van der Waals surface area (Å²) < 4.78 is 0. The van der Waals surface area contributed by atoms with Crippen molar-refractivity contribution in [3.8, 4) is 5.75 Å². The molecular formula is C10H8N4O2. The molecule has 2 amide bonds. The van der Waals surface area contributed by atoms with Crippen LogP contribution >= 0.6 is 0 Å². The molecule has 2 N–H and O–H groups in total. The highest BCUT2D eigenvalue weighted by Gasteiger charge is 2.14. The molecule has 1 aromatic carbocycles. The van der Waals surface area contributed by atoms with Crippen molar-refractivity contribution in [2.24, 2.45) is 15.2 Å². The molecule has 1 aliphatic heterocycles. The van der Waals surface area contributed by atoms with Gasteiger partial charge in [-0.2, -0.15) is 0 Å². The van der Waals surface area contributed by atoms with E-state index in [4.69, 9.17) is 0 Å². The van der Waals surface area contributed by atoms with E-state index < -0.39 is 6.03 Å². The van der Waals surface area contributed by atoms with Crippen molar-refractivity contribution < 1.29 is 9.90 Å².